The summed E-state index contributed by atoms with van der Waals surface area (Å²) in [7, 11) is 0. The highest BCUT2D eigenvalue weighted by molar-refractivity contribution is 9.10. The summed E-state index contributed by atoms with van der Waals surface area (Å²) in [6, 6.07) is 7.06. The van der Waals surface area contributed by atoms with Crippen LogP contribution < -0.4 is 5.32 Å². The lowest BCUT2D eigenvalue weighted by Crippen LogP contribution is -2.34. The van der Waals surface area contributed by atoms with Gasteiger partial charge in [-0.25, -0.2) is 0 Å². The van der Waals surface area contributed by atoms with Crippen LogP contribution in [0.4, 0.5) is 18.9 Å². The summed E-state index contributed by atoms with van der Waals surface area (Å²) in [5, 5.41) is 4.98. The molecule has 3 aliphatic rings. The van der Waals surface area contributed by atoms with Crippen LogP contribution in [0.3, 0.4) is 0 Å². The molecule has 1 aromatic heterocycles. The Morgan fingerprint density at radius 2 is 1.82 bits per heavy atom. The molecule has 2 saturated carbocycles. The Morgan fingerprint density at radius 1 is 1.05 bits per heavy atom. The Morgan fingerprint density at radius 3 is 2.55 bits per heavy atom. The van der Waals surface area contributed by atoms with Gasteiger partial charge in [0.1, 0.15) is 0 Å². The number of anilines is 1. The molecule has 3 fully saturated rings. The molecule has 38 heavy (non-hydrogen) atoms. The molecular formula is C28H24BrClF3N3O2. The van der Waals surface area contributed by atoms with Crippen LogP contribution in [-0.4, -0.2) is 40.7 Å². The molecule has 198 valence electrons. The zero-order valence-corrected chi connectivity index (χ0v) is 22.5. The standard InChI is InChI=1S/C28H24BrClF3N3O2/c29-17-8-21(27(38)36-12-15-6-16(15)13-36)25(23(9-17)28(31,32)33)35-24-3-1-2-20(24)26(37)22-11-34-10-14-7-18(30)4-5-19(14)22/h4-5,7-11,15-16,20,24,35H,1-3,6,12-13H2/t15?,16?,20-,24+/m0/s1. The van der Waals surface area contributed by atoms with Crippen molar-refractivity contribution in [2.75, 3.05) is 18.4 Å². The maximum Gasteiger partial charge on any atom is 0.418 e. The second-order valence-electron chi connectivity index (χ2n) is 10.5. The first-order valence-electron chi connectivity index (χ1n) is 12.6. The van der Waals surface area contributed by atoms with Crippen molar-refractivity contribution >= 4 is 55.7 Å². The number of likely N-dealkylation sites (tertiary alicyclic amines) is 1. The van der Waals surface area contributed by atoms with Crippen LogP contribution in [0.2, 0.25) is 5.02 Å². The van der Waals surface area contributed by atoms with E-state index >= 15 is 0 Å². The van der Waals surface area contributed by atoms with E-state index in [0.29, 0.717) is 60.2 Å². The van der Waals surface area contributed by atoms with Crippen molar-refractivity contribution in [1.29, 1.82) is 0 Å². The summed E-state index contributed by atoms with van der Waals surface area (Å²) in [6.45, 7) is 1.14. The van der Waals surface area contributed by atoms with E-state index in [9.17, 15) is 22.8 Å². The minimum atomic E-state index is -4.69. The lowest BCUT2D eigenvalue weighted by molar-refractivity contribution is -0.137. The van der Waals surface area contributed by atoms with Crippen molar-refractivity contribution in [2.24, 2.45) is 17.8 Å². The number of benzene rings is 2. The fraction of sp³-hybridized carbons (Fsp3) is 0.393. The van der Waals surface area contributed by atoms with Crippen molar-refractivity contribution in [3.8, 4) is 0 Å². The lowest BCUT2D eigenvalue weighted by Gasteiger charge is -2.27. The topological polar surface area (TPSA) is 62.3 Å². The predicted octanol–water partition coefficient (Wildman–Crippen LogP) is 7.22. The van der Waals surface area contributed by atoms with Crippen LogP contribution in [0.5, 0.6) is 0 Å². The van der Waals surface area contributed by atoms with Crippen LogP contribution in [0.1, 0.15) is 52.0 Å². The van der Waals surface area contributed by atoms with E-state index in [0.717, 1.165) is 17.9 Å². The number of piperidine rings is 1. The van der Waals surface area contributed by atoms with Crippen molar-refractivity contribution in [3.63, 3.8) is 0 Å². The number of fused-ring (bicyclic) bond motifs is 2. The number of nitrogens with one attached hydrogen (secondary N) is 1. The van der Waals surface area contributed by atoms with Gasteiger partial charge in [0.05, 0.1) is 16.8 Å². The van der Waals surface area contributed by atoms with Crippen molar-refractivity contribution in [2.45, 2.75) is 37.9 Å². The van der Waals surface area contributed by atoms with Gasteiger partial charge in [-0.3, -0.25) is 14.6 Å². The van der Waals surface area contributed by atoms with E-state index in [1.807, 2.05) is 0 Å². The van der Waals surface area contributed by atoms with Gasteiger partial charge in [0.2, 0.25) is 0 Å². The predicted molar refractivity (Wildman–Crippen MR) is 142 cm³/mol. The normalized spacial score (nSPS) is 24.5. The number of carbonyl (C=O) groups excluding carboxylic acids is 2. The summed E-state index contributed by atoms with van der Waals surface area (Å²) in [4.78, 5) is 33.0. The van der Waals surface area contributed by atoms with E-state index in [-0.39, 0.29) is 21.5 Å². The summed E-state index contributed by atoms with van der Waals surface area (Å²) < 4.78 is 42.9. The number of carbonyl (C=O) groups is 2. The average molecular weight is 607 g/mol. The van der Waals surface area contributed by atoms with Crippen LogP contribution in [-0.2, 0) is 6.18 Å². The molecule has 1 N–H and O–H groups in total. The number of pyridine rings is 1. The molecule has 1 saturated heterocycles. The molecule has 3 aromatic rings. The van der Waals surface area contributed by atoms with E-state index in [4.69, 9.17) is 11.6 Å². The molecule has 10 heteroatoms. The number of amides is 1. The molecule has 2 unspecified atom stereocenters. The second kappa shape index (κ2) is 9.52. The largest absolute Gasteiger partial charge is 0.418 e. The first kappa shape index (κ1) is 25.6. The molecule has 1 amide bonds. The monoisotopic (exact) mass is 605 g/mol. The Hall–Kier alpha value is -2.65. The summed E-state index contributed by atoms with van der Waals surface area (Å²) >= 11 is 9.28. The highest BCUT2D eigenvalue weighted by atomic mass is 79.9. The molecule has 1 aliphatic heterocycles. The molecule has 2 aliphatic carbocycles. The highest BCUT2D eigenvalue weighted by Gasteiger charge is 2.47. The van der Waals surface area contributed by atoms with E-state index < -0.39 is 29.6 Å². The van der Waals surface area contributed by atoms with Crippen molar-refractivity contribution in [1.82, 2.24) is 9.88 Å². The van der Waals surface area contributed by atoms with Gasteiger partial charge in [-0.15, -0.1) is 0 Å². The van der Waals surface area contributed by atoms with Gasteiger partial charge in [-0.2, -0.15) is 13.2 Å². The molecule has 0 spiro atoms. The molecule has 4 atom stereocenters. The molecule has 2 heterocycles. The second-order valence-corrected chi connectivity index (χ2v) is 11.9. The van der Waals surface area contributed by atoms with Crippen LogP contribution in [0.15, 0.2) is 47.2 Å². The fourth-order valence-corrected chi connectivity index (χ4v) is 6.70. The quantitative estimate of drug-likeness (QED) is 0.312. The smallest absolute Gasteiger partial charge is 0.380 e. The van der Waals surface area contributed by atoms with Gasteiger partial charge >= 0.3 is 6.18 Å². The number of hydrogen-bond acceptors (Lipinski definition) is 4. The summed E-state index contributed by atoms with van der Waals surface area (Å²) in [5.74, 6) is -0.262. The number of aromatic nitrogens is 1. The fourth-order valence-electron chi connectivity index (χ4n) is 6.06. The van der Waals surface area contributed by atoms with Gasteiger partial charge < -0.3 is 10.2 Å². The number of hydrogen-bond donors (Lipinski definition) is 1. The Balaban J connectivity index is 1.35. The van der Waals surface area contributed by atoms with Crippen LogP contribution >= 0.6 is 27.5 Å². The lowest BCUT2D eigenvalue weighted by atomic mass is 9.90. The maximum atomic E-state index is 14.2. The minimum absolute atomic E-state index is 0.0208. The SMILES string of the molecule is O=C(c1cncc2cc(Cl)ccc12)[C@H]1CCC[C@H]1Nc1c(C(=O)N2CC3CC3C2)cc(Br)cc1C(F)(F)F. The Kier molecular flexibility index (Phi) is 6.42. The number of halogens is 5. The van der Waals surface area contributed by atoms with Gasteiger partial charge in [0.15, 0.2) is 5.78 Å². The third-order valence-corrected chi connectivity index (χ3v) is 8.77. The minimum Gasteiger partial charge on any atom is -0.380 e. The van der Waals surface area contributed by atoms with Gasteiger partial charge in [-0.1, -0.05) is 40.0 Å². The summed E-state index contributed by atoms with van der Waals surface area (Å²) in [5.41, 5.74) is -0.775. The molecule has 0 radical (unpaired) electrons. The zero-order valence-electron chi connectivity index (χ0n) is 20.2. The maximum absolute atomic E-state index is 14.2. The van der Waals surface area contributed by atoms with Crippen molar-refractivity contribution < 1.29 is 22.8 Å². The number of ketones is 1. The molecule has 6 rings (SSSR count). The number of Topliss-reactive ketones (excluding diaryl/α,β-unsaturated/α-hetero) is 1. The van der Waals surface area contributed by atoms with Gasteiger partial charge in [0.25, 0.3) is 5.91 Å². The number of rotatable bonds is 5. The average Bonchev–Trinajstić information content (AvgIpc) is 3.24. The van der Waals surface area contributed by atoms with E-state index in [2.05, 4.69) is 26.2 Å². The first-order chi connectivity index (χ1) is 18.1. The Bertz CT molecular complexity index is 1450. The zero-order chi connectivity index (χ0) is 26.8. The molecule has 5 nitrogen and oxygen atoms in total. The van der Waals surface area contributed by atoms with Crippen LogP contribution in [0.25, 0.3) is 10.8 Å². The molecule has 2 aromatic carbocycles. The van der Waals surface area contributed by atoms with Gasteiger partial charge in [-0.05, 0) is 60.7 Å². The number of nitrogens with zero attached hydrogens (tertiary/aromatic N) is 2. The molecular weight excluding hydrogens is 583 g/mol. The summed E-state index contributed by atoms with van der Waals surface area (Å²) in [6.07, 6.45) is 1.22. The van der Waals surface area contributed by atoms with Crippen LogP contribution in [0, 0.1) is 17.8 Å². The Labute approximate surface area is 230 Å². The molecule has 0 bridgehead atoms. The van der Waals surface area contributed by atoms with Gasteiger partial charge in [0, 0.05) is 57.9 Å². The third kappa shape index (κ3) is 4.68. The third-order valence-electron chi connectivity index (χ3n) is 8.07. The van der Waals surface area contributed by atoms with E-state index in [1.165, 1.54) is 12.3 Å². The highest BCUT2D eigenvalue weighted by Crippen LogP contribution is 2.47. The van der Waals surface area contributed by atoms with Crippen molar-refractivity contribution in [3.05, 3.63) is 68.9 Å². The van der Waals surface area contributed by atoms with E-state index in [1.54, 1.807) is 29.3 Å². The number of alkyl halides is 3. The first-order valence-corrected chi connectivity index (χ1v) is 13.8.